The Labute approximate surface area is 101 Å². The van der Waals surface area contributed by atoms with Crippen LogP contribution in [0.15, 0.2) is 35.3 Å². The summed E-state index contributed by atoms with van der Waals surface area (Å²) in [6.07, 6.45) is -5.43. The van der Waals surface area contributed by atoms with E-state index >= 15 is 0 Å². The van der Waals surface area contributed by atoms with Crippen molar-refractivity contribution in [1.29, 1.82) is 0 Å². The lowest BCUT2D eigenvalue weighted by Crippen LogP contribution is -2.63. The van der Waals surface area contributed by atoms with E-state index in [9.17, 15) is 18.3 Å². The molecule has 2 atom stereocenters. The van der Waals surface area contributed by atoms with Crippen molar-refractivity contribution in [2.45, 2.75) is 24.4 Å². The van der Waals surface area contributed by atoms with Crippen LogP contribution in [0, 0.1) is 0 Å². The zero-order valence-corrected chi connectivity index (χ0v) is 9.28. The zero-order chi connectivity index (χ0) is 13.4. The van der Waals surface area contributed by atoms with Crippen molar-refractivity contribution >= 4 is 5.96 Å². The van der Waals surface area contributed by atoms with Crippen molar-refractivity contribution in [3.63, 3.8) is 0 Å². The summed E-state index contributed by atoms with van der Waals surface area (Å²) in [6, 6.07) is 7.59. The molecule has 0 fully saturated rings. The van der Waals surface area contributed by atoms with Gasteiger partial charge < -0.3 is 16.2 Å². The maximum atomic E-state index is 12.8. The number of aliphatic hydroxyl groups is 1. The minimum Gasteiger partial charge on any atom is -0.370 e. The summed E-state index contributed by atoms with van der Waals surface area (Å²) in [7, 11) is 0. The summed E-state index contributed by atoms with van der Waals surface area (Å²) < 4.78 is 38.3. The summed E-state index contributed by atoms with van der Waals surface area (Å²) in [5.74, 6) is -0.421. The molecule has 0 saturated heterocycles. The highest BCUT2D eigenvalue weighted by atomic mass is 19.4. The second-order valence-electron chi connectivity index (χ2n) is 4.13. The Balaban J connectivity index is 2.33. The lowest BCUT2D eigenvalue weighted by molar-refractivity contribution is -0.272. The molecule has 0 radical (unpaired) electrons. The van der Waals surface area contributed by atoms with E-state index in [1.807, 2.05) is 0 Å². The fraction of sp³-hybridized carbons (Fsp3) is 0.364. The van der Waals surface area contributed by atoms with Crippen molar-refractivity contribution in [1.82, 2.24) is 5.32 Å². The molecule has 0 spiro atoms. The number of halogens is 3. The first-order chi connectivity index (χ1) is 8.32. The van der Waals surface area contributed by atoms with Crippen LogP contribution in [-0.2, 0) is 0 Å². The van der Waals surface area contributed by atoms with E-state index in [-0.39, 0.29) is 0 Å². The van der Waals surface area contributed by atoms with Gasteiger partial charge in [0.2, 0.25) is 5.72 Å². The molecule has 0 unspecified atom stereocenters. The number of nitrogens with two attached hydrogens (primary N) is 1. The van der Waals surface area contributed by atoms with Gasteiger partial charge in [0.25, 0.3) is 0 Å². The van der Waals surface area contributed by atoms with Gasteiger partial charge in [-0.2, -0.15) is 13.2 Å². The largest absolute Gasteiger partial charge is 0.436 e. The number of rotatable bonds is 1. The fourth-order valence-corrected chi connectivity index (χ4v) is 1.84. The number of hydrogen-bond donors (Lipinski definition) is 3. The molecule has 7 heteroatoms. The monoisotopic (exact) mass is 259 g/mol. The Morgan fingerprint density at radius 3 is 2.50 bits per heavy atom. The number of guanidine groups is 1. The zero-order valence-electron chi connectivity index (χ0n) is 9.28. The van der Waals surface area contributed by atoms with Gasteiger partial charge in [0.15, 0.2) is 5.96 Å². The molecule has 1 aliphatic heterocycles. The highest BCUT2D eigenvalue weighted by Crippen LogP contribution is 2.38. The van der Waals surface area contributed by atoms with Gasteiger partial charge >= 0.3 is 6.18 Å². The van der Waals surface area contributed by atoms with Crippen molar-refractivity contribution < 1.29 is 18.3 Å². The Morgan fingerprint density at radius 2 is 1.94 bits per heavy atom. The van der Waals surface area contributed by atoms with Crippen molar-refractivity contribution in [2.75, 3.05) is 0 Å². The second kappa shape index (κ2) is 4.16. The molecule has 1 aliphatic rings. The maximum absolute atomic E-state index is 12.8. The predicted molar refractivity (Wildman–Crippen MR) is 59.6 cm³/mol. The molecule has 4 N–H and O–H groups in total. The van der Waals surface area contributed by atoms with Gasteiger partial charge in [0, 0.05) is 6.42 Å². The molecule has 0 aliphatic carbocycles. The topological polar surface area (TPSA) is 70.6 Å². The van der Waals surface area contributed by atoms with E-state index in [0.29, 0.717) is 5.56 Å². The number of nitrogens with zero attached hydrogens (tertiary/aromatic N) is 1. The molecule has 2 rings (SSSR count). The van der Waals surface area contributed by atoms with Crippen LogP contribution in [0.25, 0.3) is 0 Å². The first-order valence-electron chi connectivity index (χ1n) is 5.27. The highest BCUT2D eigenvalue weighted by Gasteiger charge is 2.56. The quantitative estimate of drug-likeness (QED) is 0.711. The van der Waals surface area contributed by atoms with Crippen LogP contribution in [0.4, 0.5) is 13.2 Å². The van der Waals surface area contributed by atoms with Crippen LogP contribution in [-0.4, -0.2) is 23.0 Å². The SMILES string of the molecule is NC1=N[C@H](c2ccccc2)C[C@](O)(C(F)(F)F)N1. The summed E-state index contributed by atoms with van der Waals surface area (Å²) in [6.45, 7) is 0. The molecule has 4 nitrogen and oxygen atoms in total. The minimum atomic E-state index is -4.82. The normalized spacial score (nSPS) is 28.4. The fourth-order valence-electron chi connectivity index (χ4n) is 1.84. The van der Waals surface area contributed by atoms with Crippen molar-refractivity contribution in [2.24, 2.45) is 10.7 Å². The lowest BCUT2D eigenvalue weighted by Gasteiger charge is -2.37. The van der Waals surface area contributed by atoms with Crippen molar-refractivity contribution in [3.05, 3.63) is 35.9 Å². The van der Waals surface area contributed by atoms with Crippen LogP contribution in [0.1, 0.15) is 18.0 Å². The van der Waals surface area contributed by atoms with E-state index in [1.54, 1.807) is 35.6 Å². The molecule has 18 heavy (non-hydrogen) atoms. The molecule has 0 bridgehead atoms. The third kappa shape index (κ3) is 2.26. The molecule has 1 heterocycles. The first-order valence-corrected chi connectivity index (χ1v) is 5.27. The van der Waals surface area contributed by atoms with E-state index in [2.05, 4.69) is 4.99 Å². The van der Waals surface area contributed by atoms with Gasteiger partial charge in [-0.05, 0) is 5.56 Å². The van der Waals surface area contributed by atoms with Crippen molar-refractivity contribution in [3.8, 4) is 0 Å². The maximum Gasteiger partial charge on any atom is 0.436 e. The summed E-state index contributed by atoms with van der Waals surface area (Å²) in [5.41, 5.74) is 2.85. The average molecular weight is 259 g/mol. The number of aliphatic imine (C=N–C) groups is 1. The van der Waals surface area contributed by atoms with E-state index in [1.165, 1.54) is 0 Å². The lowest BCUT2D eigenvalue weighted by atomic mass is 9.95. The molecule has 98 valence electrons. The van der Waals surface area contributed by atoms with Crippen LogP contribution < -0.4 is 11.1 Å². The number of hydrogen-bond acceptors (Lipinski definition) is 4. The van der Waals surface area contributed by atoms with E-state index < -0.39 is 30.3 Å². The molecule has 0 aromatic heterocycles. The summed E-state index contributed by atoms with van der Waals surface area (Å²) >= 11 is 0. The smallest absolute Gasteiger partial charge is 0.370 e. The molecule has 0 amide bonds. The molecular weight excluding hydrogens is 247 g/mol. The number of alkyl halides is 3. The summed E-state index contributed by atoms with van der Waals surface area (Å²) in [4.78, 5) is 3.88. The standard InChI is InChI=1S/C11H12F3N3O/c12-11(13,14)10(18)6-8(16-9(15)17-10)7-4-2-1-3-5-7/h1-5,8,18H,6H2,(H3,15,16,17)/t8-,10-/m0/s1. The second-order valence-corrected chi connectivity index (χ2v) is 4.13. The van der Waals surface area contributed by atoms with Gasteiger partial charge in [-0.3, -0.25) is 0 Å². The Bertz CT molecular complexity index is 460. The predicted octanol–water partition coefficient (Wildman–Crippen LogP) is 1.29. The van der Waals surface area contributed by atoms with Gasteiger partial charge in [0.1, 0.15) is 0 Å². The Kier molecular flexibility index (Phi) is 2.94. The molecule has 1 aromatic carbocycles. The minimum absolute atomic E-state index is 0.421. The average Bonchev–Trinajstić information content (AvgIpc) is 2.27. The molecule has 0 saturated carbocycles. The van der Waals surface area contributed by atoms with E-state index in [4.69, 9.17) is 5.73 Å². The Morgan fingerprint density at radius 1 is 1.33 bits per heavy atom. The van der Waals surface area contributed by atoms with Crippen LogP contribution in [0.2, 0.25) is 0 Å². The Hall–Kier alpha value is -1.76. The van der Waals surface area contributed by atoms with Gasteiger partial charge in [0.05, 0.1) is 6.04 Å². The third-order valence-electron chi connectivity index (χ3n) is 2.77. The van der Waals surface area contributed by atoms with Gasteiger partial charge in [-0.25, -0.2) is 4.99 Å². The van der Waals surface area contributed by atoms with Crippen LogP contribution in [0.3, 0.4) is 0 Å². The van der Waals surface area contributed by atoms with E-state index in [0.717, 1.165) is 0 Å². The number of benzene rings is 1. The highest BCUT2D eigenvalue weighted by molar-refractivity contribution is 5.79. The van der Waals surface area contributed by atoms with Crippen LogP contribution in [0.5, 0.6) is 0 Å². The molecular formula is C11H12F3N3O. The van der Waals surface area contributed by atoms with Gasteiger partial charge in [-0.1, -0.05) is 30.3 Å². The first kappa shape index (κ1) is 12.7. The van der Waals surface area contributed by atoms with Gasteiger partial charge in [-0.15, -0.1) is 0 Å². The number of nitrogens with one attached hydrogen (secondary N) is 1. The third-order valence-corrected chi connectivity index (χ3v) is 2.77. The van der Waals surface area contributed by atoms with Crippen LogP contribution >= 0.6 is 0 Å². The molecule has 1 aromatic rings. The summed E-state index contributed by atoms with van der Waals surface area (Å²) in [5, 5.41) is 11.4.